The first-order valence-electron chi connectivity index (χ1n) is 25.3. The first kappa shape index (κ1) is 52.3. The molecule has 72 heavy (non-hydrogen) atoms. The van der Waals surface area contributed by atoms with Crippen molar-refractivity contribution in [1.82, 2.24) is 14.1 Å². The summed E-state index contributed by atoms with van der Waals surface area (Å²) in [5.74, 6) is 2.04. The molecule has 0 amide bonds. The Bertz CT molecular complexity index is 3420. The summed E-state index contributed by atoms with van der Waals surface area (Å²) < 4.78 is 13.6. The topological polar surface area (TPSA) is 35.9 Å². The minimum Gasteiger partial charge on any atom is -0.510 e. The summed E-state index contributed by atoms with van der Waals surface area (Å²) in [6.07, 6.45) is 8.00. The Morgan fingerprint density at radius 3 is 1.62 bits per heavy atom. The maximum atomic E-state index is 7.02. The van der Waals surface area contributed by atoms with E-state index in [1.807, 2.05) is 12.3 Å². The minimum atomic E-state index is -0.382. The van der Waals surface area contributed by atoms with Crippen molar-refractivity contribution in [2.24, 2.45) is 0 Å². The van der Waals surface area contributed by atoms with E-state index < -0.39 is 0 Å². The monoisotopic (exact) mass is 1130 g/mol. The van der Waals surface area contributed by atoms with Gasteiger partial charge in [-0.3, -0.25) is 4.57 Å². The third-order valence-corrected chi connectivity index (χ3v) is 14.6. The Balaban J connectivity index is 0.00000693. The van der Waals surface area contributed by atoms with Crippen molar-refractivity contribution in [3.63, 3.8) is 0 Å². The van der Waals surface area contributed by atoms with Crippen LogP contribution in [-0.2, 0) is 53.6 Å². The van der Waals surface area contributed by atoms with Gasteiger partial charge in [0.15, 0.2) is 0 Å². The van der Waals surface area contributed by atoms with Crippen LogP contribution in [0.4, 0.5) is 0 Å². The molecule has 0 spiro atoms. The number of hydrogen-bond acceptors (Lipinski definition) is 2. The van der Waals surface area contributed by atoms with E-state index in [0.717, 1.165) is 50.3 Å². The molecule has 9 aromatic rings. The molecule has 0 aliphatic rings. The minimum absolute atomic E-state index is 0. The molecule has 0 aliphatic heterocycles. The van der Waals surface area contributed by atoms with Crippen molar-refractivity contribution in [2.75, 3.05) is 0 Å². The van der Waals surface area contributed by atoms with Crippen LogP contribution in [-0.4, -0.2) is 14.1 Å². The number of rotatable bonds is 9. The van der Waals surface area contributed by atoms with Gasteiger partial charge in [0.25, 0.3) is 6.33 Å². The van der Waals surface area contributed by atoms with Gasteiger partial charge in [-0.25, -0.2) is 4.98 Å². The Morgan fingerprint density at radius 1 is 0.472 bits per heavy atom. The quantitative estimate of drug-likeness (QED) is 0.107. The molecule has 0 saturated carbocycles. The second kappa shape index (κ2) is 18.8. The van der Waals surface area contributed by atoms with Crippen LogP contribution in [0.1, 0.15) is 155 Å². The molecule has 0 fully saturated rings. The van der Waals surface area contributed by atoms with Crippen molar-refractivity contribution < 1.29 is 30.4 Å². The summed E-state index contributed by atoms with van der Waals surface area (Å²) in [6.45, 7) is 36.4. The van der Waals surface area contributed by atoms with Crippen LogP contribution in [0, 0.1) is 18.5 Å². The van der Waals surface area contributed by atoms with Gasteiger partial charge in [-0.15, -0.1) is 35.2 Å². The number of nitrogens with zero attached hydrogens (tertiary/aromatic N) is 4. The third-order valence-electron chi connectivity index (χ3n) is 14.6. The number of fused-ring (bicyclic) bond motifs is 3. The van der Waals surface area contributed by atoms with Crippen molar-refractivity contribution in [2.45, 2.75) is 143 Å². The van der Waals surface area contributed by atoms with E-state index in [2.05, 4.69) is 277 Å². The van der Waals surface area contributed by atoms with Gasteiger partial charge in [0, 0.05) is 55.9 Å². The Hall–Kier alpha value is -6.03. The molecule has 5 nitrogen and oxygen atoms in total. The number of imidazole rings is 1. The fourth-order valence-corrected chi connectivity index (χ4v) is 9.69. The zero-order valence-electron chi connectivity index (χ0n) is 45.4. The fraction of sp³-hybridized carbons (Fsp3) is 0.333. The Labute approximate surface area is 444 Å². The first-order chi connectivity index (χ1) is 33.2. The van der Waals surface area contributed by atoms with E-state index in [1.54, 1.807) is 0 Å². The van der Waals surface area contributed by atoms with Gasteiger partial charge in [0.05, 0.1) is 11.4 Å². The maximum Gasteiger partial charge on any atom is 0.267 e. The normalized spacial score (nSPS) is 12.9. The summed E-state index contributed by atoms with van der Waals surface area (Å²) in [5.41, 5.74) is 12.6. The molecule has 6 heteroatoms. The van der Waals surface area contributed by atoms with E-state index >= 15 is 0 Å². The van der Waals surface area contributed by atoms with Crippen LogP contribution in [0.2, 0.25) is 0 Å². The average Bonchev–Trinajstić information content (AvgIpc) is 3.92. The smallest absolute Gasteiger partial charge is 0.267 e. The SMILES string of the molecule is CC(C)(C)c1cc(-[n+]2[c-]n(-c3[c-]c(Oc4[c-]c5c(cc4)c4cc(C(C)(C)C)ccc4n5-c4cc(C(C)(C)C)ccn4)cc(C(C)(C)c4ccccc4)c3)cc2C(C)(C)C)cc(C(C)(C)c2ccccc2)c1.[Pt]. The van der Waals surface area contributed by atoms with Crippen LogP contribution in [0.5, 0.6) is 11.5 Å². The fourth-order valence-electron chi connectivity index (χ4n) is 9.69. The molecular weight excluding hydrogens is 1060 g/mol. The van der Waals surface area contributed by atoms with Crippen molar-refractivity contribution in [1.29, 1.82) is 0 Å². The van der Waals surface area contributed by atoms with Gasteiger partial charge >= 0.3 is 0 Å². The molecule has 0 saturated heterocycles. The van der Waals surface area contributed by atoms with Gasteiger partial charge in [0.1, 0.15) is 5.82 Å². The number of pyridine rings is 1. The molecule has 0 bridgehead atoms. The molecule has 0 atom stereocenters. The number of aromatic nitrogens is 4. The van der Waals surface area contributed by atoms with Crippen molar-refractivity contribution in [3.05, 3.63) is 209 Å². The van der Waals surface area contributed by atoms with E-state index in [-0.39, 0.29) is 53.6 Å². The molecule has 374 valence electrons. The standard InChI is InChI=1S/C66H72N4O.Pt/c1-61(2,3)46-27-30-57-56(38-46)55-29-28-53(41-58(55)70(57)60-39-47(31-32-67-60)62(4,5)6)71-54-37-50(66(15,16)45-25-21-18-22-26-45)35-51(40-54)68-42-59(64(10,11)12)69(43-68)52-34-48(63(7,8)9)33-49(36-52)65(13,14)44-23-19-17-20-24-44;/h17-39,42H,1-16H3;/q-2;. The average molecular weight is 1130 g/mol. The van der Waals surface area contributed by atoms with Gasteiger partial charge in [-0.1, -0.05) is 195 Å². The van der Waals surface area contributed by atoms with Gasteiger partial charge < -0.3 is 13.9 Å². The number of hydrogen-bond donors (Lipinski definition) is 0. The summed E-state index contributed by atoms with van der Waals surface area (Å²) >= 11 is 0. The molecule has 0 N–H and O–H groups in total. The molecule has 9 rings (SSSR count). The number of benzene rings is 6. The molecule has 3 aromatic heterocycles. The van der Waals surface area contributed by atoms with Crippen LogP contribution in [0.15, 0.2) is 146 Å². The molecule has 0 aliphatic carbocycles. The maximum absolute atomic E-state index is 7.02. The van der Waals surface area contributed by atoms with Gasteiger partial charge in [-0.05, 0) is 102 Å². The molecule has 0 unspecified atom stereocenters. The third kappa shape index (κ3) is 10.2. The van der Waals surface area contributed by atoms with Crippen LogP contribution >= 0.6 is 0 Å². The van der Waals surface area contributed by atoms with Crippen molar-refractivity contribution >= 4 is 21.8 Å². The predicted molar refractivity (Wildman–Crippen MR) is 294 cm³/mol. The zero-order valence-corrected chi connectivity index (χ0v) is 47.6. The van der Waals surface area contributed by atoms with Crippen LogP contribution < -0.4 is 9.30 Å². The molecule has 0 radical (unpaired) electrons. The summed E-state index contributed by atoms with van der Waals surface area (Å²) in [7, 11) is 0. The van der Waals surface area contributed by atoms with E-state index in [9.17, 15) is 0 Å². The molecular formula is C66H72N4OPt-2. The second-order valence-corrected chi connectivity index (χ2v) is 24.8. The van der Waals surface area contributed by atoms with Crippen LogP contribution in [0.3, 0.4) is 0 Å². The molecule has 6 aromatic carbocycles. The Morgan fingerprint density at radius 2 is 1.04 bits per heavy atom. The summed E-state index contributed by atoms with van der Waals surface area (Å²) in [4.78, 5) is 4.98. The summed E-state index contributed by atoms with van der Waals surface area (Å²) in [6, 6.07) is 55.9. The first-order valence-corrected chi connectivity index (χ1v) is 25.3. The van der Waals surface area contributed by atoms with E-state index in [1.165, 1.54) is 33.4 Å². The largest absolute Gasteiger partial charge is 0.510 e. The van der Waals surface area contributed by atoms with Gasteiger partial charge in [0.2, 0.25) is 0 Å². The summed E-state index contributed by atoms with van der Waals surface area (Å²) in [5, 5.41) is 2.26. The van der Waals surface area contributed by atoms with Gasteiger partial charge in [-0.2, -0.15) is 12.1 Å². The Kier molecular flexibility index (Phi) is 13.6. The van der Waals surface area contributed by atoms with E-state index in [4.69, 9.17) is 9.72 Å². The van der Waals surface area contributed by atoms with E-state index in [0.29, 0.717) is 11.5 Å². The van der Waals surface area contributed by atoms with Crippen molar-refractivity contribution in [3.8, 4) is 28.7 Å². The zero-order chi connectivity index (χ0) is 51.1. The number of ether oxygens (including phenoxy) is 1. The predicted octanol–water partition coefficient (Wildman–Crippen LogP) is 16.3. The van der Waals surface area contributed by atoms with Crippen LogP contribution in [0.25, 0.3) is 39.0 Å². The molecule has 3 heterocycles. The second-order valence-electron chi connectivity index (χ2n) is 24.8.